The van der Waals surface area contributed by atoms with Crippen molar-refractivity contribution in [2.75, 3.05) is 5.32 Å². The Labute approximate surface area is 185 Å². The lowest BCUT2D eigenvalue weighted by molar-refractivity contribution is -0.119. The van der Waals surface area contributed by atoms with Crippen LogP contribution in [0.25, 0.3) is 0 Å². The molecule has 32 heavy (non-hydrogen) atoms. The number of hydrogen-bond acceptors (Lipinski definition) is 3. The van der Waals surface area contributed by atoms with Crippen molar-refractivity contribution in [1.29, 1.82) is 0 Å². The number of nitrogens with one attached hydrogen (secondary N) is 1. The molecule has 0 bridgehead atoms. The summed E-state index contributed by atoms with van der Waals surface area (Å²) in [5.74, 6) is -1.22. The van der Waals surface area contributed by atoms with Gasteiger partial charge in [0.1, 0.15) is 23.2 Å². The molecule has 1 N–H and O–H groups in total. The Bertz CT molecular complexity index is 1140. The summed E-state index contributed by atoms with van der Waals surface area (Å²) in [6, 6.07) is 3.24. The minimum absolute atomic E-state index is 0.198. The van der Waals surface area contributed by atoms with Gasteiger partial charge in [-0.25, -0.2) is 22.0 Å². The van der Waals surface area contributed by atoms with Gasteiger partial charge in [0.2, 0.25) is 5.91 Å². The number of alkyl halides is 4. The number of carbonyl (C=O) groups excluding carboxylic acids is 1. The molecule has 1 amide bonds. The molecule has 0 radical (unpaired) electrons. The van der Waals surface area contributed by atoms with Crippen LogP contribution in [-0.2, 0) is 11.3 Å². The molecule has 2 heterocycles. The number of amides is 1. The molecule has 6 nitrogen and oxygen atoms in total. The largest absolute Gasteiger partial charge is 0.321 e. The smallest absolute Gasteiger partial charge is 0.282 e. The van der Waals surface area contributed by atoms with Gasteiger partial charge in [-0.3, -0.25) is 14.2 Å². The molecule has 2 aromatic heterocycles. The van der Waals surface area contributed by atoms with E-state index in [0.29, 0.717) is 33.4 Å². The Morgan fingerprint density at radius 2 is 1.81 bits per heavy atom. The van der Waals surface area contributed by atoms with E-state index >= 15 is 0 Å². The van der Waals surface area contributed by atoms with Crippen molar-refractivity contribution in [2.45, 2.75) is 46.2 Å². The molecule has 0 spiro atoms. The Morgan fingerprint density at radius 3 is 2.41 bits per heavy atom. The third kappa shape index (κ3) is 4.77. The number of anilines is 1. The highest BCUT2D eigenvalue weighted by atomic mass is 35.5. The summed E-state index contributed by atoms with van der Waals surface area (Å²) in [5, 5.41) is 10.6. The van der Waals surface area contributed by atoms with Gasteiger partial charge in [-0.15, -0.1) is 0 Å². The van der Waals surface area contributed by atoms with Gasteiger partial charge in [-0.05, 0) is 44.5 Å². The van der Waals surface area contributed by atoms with Crippen molar-refractivity contribution in [3.8, 4) is 0 Å². The summed E-state index contributed by atoms with van der Waals surface area (Å²) in [6.07, 6.45) is -6.14. The van der Waals surface area contributed by atoms with Crippen LogP contribution in [0.15, 0.2) is 24.3 Å². The first kappa shape index (κ1) is 23.7. The first-order valence-electron chi connectivity index (χ1n) is 9.44. The second kappa shape index (κ2) is 9.27. The maximum absolute atomic E-state index is 13.3. The highest BCUT2D eigenvalue weighted by Gasteiger charge is 2.28. The number of aromatic nitrogens is 4. The fraction of sp³-hybridized carbons (Fsp3) is 0.350. The van der Waals surface area contributed by atoms with E-state index in [1.54, 1.807) is 18.5 Å². The summed E-state index contributed by atoms with van der Waals surface area (Å²) < 4.78 is 67.8. The van der Waals surface area contributed by atoms with Gasteiger partial charge >= 0.3 is 0 Å². The van der Waals surface area contributed by atoms with Gasteiger partial charge in [-0.2, -0.15) is 10.2 Å². The number of benzene rings is 1. The second-order valence-corrected chi connectivity index (χ2v) is 7.55. The quantitative estimate of drug-likeness (QED) is 0.452. The second-order valence-electron chi connectivity index (χ2n) is 7.14. The zero-order valence-electron chi connectivity index (χ0n) is 17.2. The molecule has 3 rings (SSSR count). The normalized spacial score (nSPS) is 12.6. The van der Waals surface area contributed by atoms with Crippen LogP contribution in [-0.4, -0.2) is 25.5 Å². The number of halogens is 6. The molecule has 1 aromatic carbocycles. The van der Waals surface area contributed by atoms with Gasteiger partial charge < -0.3 is 5.32 Å². The van der Waals surface area contributed by atoms with E-state index < -0.39 is 42.0 Å². The Morgan fingerprint density at radius 1 is 1.12 bits per heavy atom. The Kier molecular flexibility index (Phi) is 6.87. The van der Waals surface area contributed by atoms with Crippen LogP contribution in [0.4, 0.5) is 27.6 Å². The van der Waals surface area contributed by atoms with Crippen molar-refractivity contribution in [3.05, 3.63) is 63.4 Å². The number of hydrogen-bond donors (Lipinski definition) is 1. The molecular formula is C20H19ClF5N5O. The van der Waals surface area contributed by atoms with E-state index in [1.165, 1.54) is 25.1 Å². The summed E-state index contributed by atoms with van der Waals surface area (Å²) in [5.41, 5.74) is 0.284. The number of nitrogens with zero attached hydrogens (tertiary/aromatic N) is 4. The van der Waals surface area contributed by atoms with Gasteiger partial charge in [-0.1, -0.05) is 17.7 Å². The topological polar surface area (TPSA) is 64.7 Å². The van der Waals surface area contributed by atoms with Crippen LogP contribution < -0.4 is 5.32 Å². The van der Waals surface area contributed by atoms with Gasteiger partial charge in [0, 0.05) is 5.02 Å². The third-order valence-corrected chi connectivity index (χ3v) is 5.29. The van der Waals surface area contributed by atoms with E-state index in [9.17, 15) is 26.7 Å². The standard InChI is InChI=1S/C20H19ClF5N5O/c1-9-17(10(2)30(28-9)8-12-4-5-13(22)6-14(12)21)27-20(32)11(3)31-16(19(25)26)7-15(29-31)18(23)24/h4-7,11,18-19H,8H2,1-3H3,(H,27,32). The molecular weight excluding hydrogens is 457 g/mol. The molecule has 1 atom stereocenters. The van der Waals surface area contributed by atoms with E-state index in [4.69, 9.17) is 11.6 Å². The average molecular weight is 476 g/mol. The average Bonchev–Trinajstić information content (AvgIpc) is 3.27. The zero-order valence-corrected chi connectivity index (χ0v) is 18.0. The SMILES string of the molecule is Cc1nn(Cc2ccc(F)cc2Cl)c(C)c1NC(=O)C(C)n1nc(C(F)F)cc1C(F)F. The molecule has 0 aliphatic rings. The molecule has 12 heteroatoms. The van der Waals surface area contributed by atoms with Crippen molar-refractivity contribution >= 4 is 23.2 Å². The van der Waals surface area contributed by atoms with Crippen LogP contribution in [0.2, 0.25) is 5.02 Å². The number of aryl methyl sites for hydroxylation is 1. The van der Waals surface area contributed by atoms with Crippen LogP contribution in [0.3, 0.4) is 0 Å². The van der Waals surface area contributed by atoms with Gasteiger partial charge in [0.15, 0.2) is 0 Å². The maximum Gasteiger partial charge on any atom is 0.282 e. The monoisotopic (exact) mass is 475 g/mol. The molecule has 0 saturated carbocycles. The molecule has 0 aliphatic carbocycles. The predicted octanol–water partition coefficient (Wildman–Crippen LogP) is 5.61. The summed E-state index contributed by atoms with van der Waals surface area (Å²) >= 11 is 6.06. The van der Waals surface area contributed by atoms with E-state index in [-0.39, 0.29) is 11.6 Å². The van der Waals surface area contributed by atoms with Crippen molar-refractivity contribution in [1.82, 2.24) is 19.6 Å². The first-order valence-corrected chi connectivity index (χ1v) is 9.81. The minimum Gasteiger partial charge on any atom is -0.321 e. The lowest BCUT2D eigenvalue weighted by Gasteiger charge is -2.16. The van der Waals surface area contributed by atoms with Gasteiger partial charge in [0.05, 0.1) is 23.6 Å². The lowest BCUT2D eigenvalue weighted by Crippen LogP contribution is -2.26. The number of carbonyl (C=O) groups is 1. The number of rotatable bonds is 7. The first-order chi connectivity index (χ1) is 15.0. The Balaban J connectivity index is 1.84. The third-order valence-electron chi connectivity index (χ3n) is 4.94. The summed E-state index contributed by atoms with van der Waals surface area (Å²) in [6.45, 7) is 4.77. The highest BCUT2D eigenvalue weighted by Crippen LogP contribution is 2.29. The Hall–Kier alpha value is -2.95. The lowest BCUT2D eigenvalue weighted by atomic mass is 10.2. The van der Waals surface area contributed by atoms with E-state index in [1.807, 2.05) is 0 Å². The van der Waals surface area contributed by atoms with E-state index in [0.717, 1.165) is 0 Å². The van der Waals surface area contributed by atoms with Crippen molar-refractivity contribution in [2.24, 2.45) is 0 Å². The molecule has 0 fully saturated rings. The van der Waals surface area contributed by atoms with Crippen LogP contribution in [0, 0.1) is 19.7 Å². The molecule has 0 saturated heterocycles. The minimum atomic E-state index is -3.09. The highest BCUT2D eigenvalue weighted by molar-refractivity contribution is 6.31. The van der Waals surface area contributed by atoms with E-state index in [2.05, 4.69) is 15.5 Å². The zero-order chi connectivity index (χ0) is 23.7. The molecule has 1 unspecified atom stereocenters. The fourth-order valence-corrected chi connectivity index (χ4v) is 3.42. The van der Waals surface area contributed by atoms with Crippen molar-refractivity contribution in [3.63, 3.8) is 0 Å². The van der Waals surface area contributed by atoms with Gasteiger partial charge in [0.25, 0.3) is 12.9 Å². The van der Waals surface area contributed by atoms with Crippen LogP contribution in [0.5, 0.6) is 0 Å². The van der Waals surface area contributed by atoms with Crippen LogP contribution in [0.1, 0.15) is 54.2 Å². The molecule has 0 aliphatic heterocycles. The van der Waals surface area contributed by atoms with Crippen molar-refractivity contribution < 1.29 is 26.7 Å². The summed E-state index contributed by atoms with van der Waals surface area (Å²) in [7, 11) is 0. The fourth-order valence-electron chi connectivity index (χ4n) is 3.19. The predicted molar refractivity (Wildman–Crippen MR) is 108 cm³/mol. The maximum atomic E-state index is 13.3. The van der Waals surface area contributed by atoms with Crippen LogP contribution >= 0.6 is 11.6 Å². The molecule has 3 aromatic rings. The summed E-state index contributed by atoms with van der Waals surface area (Å²) in [4.78, 5) is 12.7. The molecule has 172 valence electrons.